The molecule has 0 aliphatic carbocycles. The molecule has 0 aromatic carbocycles. The molecule has 0 radical (unpaired) electrons. The summed E-state index contributed by atoms with van der Waals surface area (Å²) in [6.07, 6.45) is 0.869. The number of hydrogen-bond acceptors (Lipinski definition) is 2. The Morgan fingerprint density at radius 3 is 2.47 bits per heavy atom. The van der Waals surface area contributed by atoms with Gasteiger partial charge in [0.05, 0.1) is 20.6 Å². The van der Waals surface area contributed by atoms with Gasteiger partial charge in [0.1, 0.15) is 0 Å². The molecule has 98 valence electrons. The van der Waals surface area contributed by atoms with Crippen LogP contribution >= 0.6 is 0 Å². The second-order valence-corrected chi connectivity index (χ2v) is 4.76. The number of nitrogens with zero attached hydrogens (tertiary/aromatic N) is 2. The van der Waals surface area contributed by atoms with Crippen LogP contribution < -0.4 is 16.8 Å². The topological polar surface area (TPSA) is 93.5 Å². The van der Waals surface area contributed by atoms with Crippen LogP contribution in [0.4, 0.5) is 0 Å². The monoisotopic (exact) mass is 242 g/mol. The molecule has 0 rings (SSSR count). The first kappa shape index (κ1) is 15.4. The number of nitrogens with two attached hydrogens (primary N) is 2. The normalized spacial score (nSPS) is 10.8. The first-order valence-electron chi connectivity index (χ1n) is 5.56. The molecule has 0 saturated carbocycles. The summed E-state index contributed by atoms with van der Waals surface area (Å²) in [5.74, 6) is 0.00585. The molecule has 6 heteroatoms. The highest BCUT2D eigenvalue weighted by molar-refractivity contribution is 5.91. The van der Waals surface area contributed by atoms with Crippen molar-refractivity contribution in [2.45, 2.75) is 13.3 Å². The van der Waals surface area contributed by atoms with Crippen molar-refractivity contribution in [2.24, 2.45) is 16.5 Å². The summed E-state index contributed by atoms with van der Waals surface area (Å²) in [5, 5.41) is 2.82. The maximum absolute atomic E-state index is 11.3. The van der Waals surface area contributed by atoms with Crippen LogP contribution in [-0.4, -0.2) is 50.2 Å². The number of quaternary nitrogens is 1. The van der Waals surface area contributed by atoms with Crippen molar-refractivity contribution in [3.8, 4) is 0 Å². The lowest BCUT2D eigenvalue weighted by molar-refractivity contribution is -0.892. The Labute approximate surface area is 103 Å². The van der Waals surface area contributed by atoms with Gasteiger partial charge in [-0.05, 0) is 6.92 Å². The lowest BCUT2D eigenvalue weighted by Crippen LogP contribution is -2.49. The average molecular weight is 242 g/mol. The molecule has 0 fully saturated rings. The minimum Gasteiger partial charge on any atom is -0.370 e. The molecule has 1 amide bonds. The van der Waals surface area contributed by atoms with Crippen LogP contribution in [-0.2, 0) is 4.79 Å². The third-order valence-corrected chi connectivity index (χ3v) is 2.27. The van der Waals surface area contributed by atoms with Gasteiger partial charge in [-0.25, -0.2) is 0 Å². The molecular weight excluding hydrogens is 218 g/mol. The van der Waals surface area contributed by atoms with Crippen LogP contribution in [0.5, 0.6) is 0 Å². The lowest BCUT2D eigenvalue weighted by Gasteiger charge is -2.29. The number of nitrogens with one attached hydrogen (secondary N) is 1. The predicted octanol–water partition coefficient (Wildman–Crippen LogP) is -0.624. The summed E-state index contributed by atoms with van der Waals surface area (Å²) in [5.41, 5.74) is 11.0. The summed E-state index contributed by atoms with van der Waals surface area (Å²) in [4.78, 5) is 15.2. The predicted molar refractivity (Wildman–Crippen MR) is 70.1 cm³/mol. The Bertz CT molecular complexity index is 305. The van der Waals surface area contributed by atoms with Crippen molar-refractivity contribution < 1.29 is 9.28 Å². The lowest BCUT2D eigenvalue weighted by atomic mass is 10.3. The number of carbonyl (C=O) groups is 1. The number of hydrogen-bond donors (Lipinski definition) is 3. The van der Waals surface area contributed by atoms with Crippen LogP contribution in [0.15, 0.2) is 17.1 Å². The molecule has 0 unspecified atom stereocenters. The Morgan fingerprint density at radius 1 is 1.41 bits per heavy atom. The number of carbonyl (C=O) groups excluding carboxylic acids is 1. The van der Waals surface area contributed by atoms with E-state index in [1.165, 1.54) is 0 Å². The summed E-state index contributed by atoms with van der Waals surface area (Å²) in [7, 11) is 4.07. The maximum atomic E-state index is 11.3. The molecule has 0 aliphatic rings. The van der Waals surface area contributed by atoms with Crippen molar-refractivity contribution in [3.63, 3.8) is 0 Å². The third-order valence-electron chi connectivity index (χ3n) is 2.27. The summed E-state index contributed by atoms with van der Waals surface area (Å²) in [6.45, 7) is 7.33. The van der Waals surface area contributed by atoms with E-state index in [1.54, 1.807) is 6.92 Å². The molecular formula is C11H24N5O+. The third kappa shape index (κ3) is 8.27. The second-order valence-electron chi connectivity index (χ2n) is 4.76. The van der Waals surface area contributed by atoms with Crippen molar-refractivity contribution in [2.75, 3.05) is 33.9 Å². The van der Waals surface area contributed by atoms with Gasteiger partial charge in [-0.15, -0.1) is 0 Å². The van der Waals surface area contributed by atoms with Crippen LogP contribution in [0.25, 0.3) is 0 Å². The highest BCUT2D eigenvalue weighted by Gasteiger charge is 2.15. The van der Waals surface area contributed by atoms with E-state index in [0.29, 0.717) is 23.3 Å². The largest absolute Gasteiger partial charge is 0.370 e. The van der Waals surface area contributed by atoms with E-state index in [0.717, 1.165) is 13.0 Å². The first-order chi connectivity index (χ1) is 7.74. The number of guanidine groups is 1. The van der Waals surface area contributed by atoms with E-state index in [9.17, 15) is 4.79 Å². The van der Waals surface area contributed by atoms with Crippen LogP contribution in [0.1, 0.15) is 13.3 Å². The van der Waals surface area contributed by atoms with E-state index in [2.05, 4.69) is 16.9 Å². The summed E-state index contributed by atoms with van der Waals surface area (Å²) >= 11 is 0. The molecule has 6 nitrogen and oxygen atoms in total. The van der Waals surface area contributed by atoms with Crippen LogP contribution in [0.3, 0.4) is 0 Å². The van der Waals surface area contributed by atoms with Crippen molar-refractivity contribution in [3.05, 3.63) is 12.2 Å². The molecule has 0 aromatic heterocycles. The van der Waals surface area contributed by atoms with Crippen molar-refractivity contribution in [1.29, 1.82) is 0 Å². The van der Waals surface area contributed by atoms with Gasteiger partial charge in [0.2, 0.25) is 0 Å². The van der Waals surface area contributed by atoms with Gasteiger partial charge in [0.15, 0.2) is 12.6 Å². The SMILES string of the molecule is C=C(C)C(=O)NC[N+](C)(C)CCCN=C(N)N. The van der Waals surface area contributed by atoms with E-state index in [1.807, 2.05) is 14.1 Å². The second kappa shape index (κ2) is 6.90. The number of amides is 1. The van der Waals surface area contributed by atoms with Crippen molar-refractivity contribution in [1.82, 2.24) is 5.32 Å². The van der Waals surface area contributed by atoms with Gasteiger partial charge in [0, 0.05) is 18.5 Å². The quantitative estimate of drug-likeness (QED) is 0.139. The van der Waals surface area contributed by atoms with Crippen molar-refractivity contribution >= 4 is 11.9 Å². The molecule has 0 bridgehead atoms. The minimum absolute atomic E-state index is 0.111. The van der Waals surface area contributed by atoms with Crippen LogP contribution in [0.2, 0.25) is 0 Å². The zero-order valence-corrected chi connectivity index (χ0v) is 11.0. The standard InChI is InChI=1S/C11H23N5O/c1-9(2)10(17)15-8-16(3,4)7-5-6-14-11(12)13/h1,5-8H2,2-4H3,(H4-,12,13,14,15,17)/p+1. The minimum atomic E-state index is -0.111. The smallest absolute Gasteiger partial charge is 0.250 e. The van der Waals surface area contributed by atoms with E-state index in [-0.39, 0.29) is 11.9 Å². The highest BCUT2D eigenvalue weighted by atomic mass is 16.1. The summed E-state index contributed by atoms with van der Waals surface area (Å²) < 4.78 is 0.680. The fourth-order valence-corrected chi connectivity index (χ4v) is 1.22. The van der Waals surface area contributed by atoms with E-state index >= 15 is 0 Å². The van der Waals surface area contributed by atoms with Gasteiger partial charge < -0.3 is 21.3 Å². The fourth-order valence-electron chi connectivity index (χ4n) is 1.22. The number of rotatable bonds is 7. The molecule has 0 atom stereocenters. The van der Waals surface area contributed by atoms with Crippen LogP contribution in [0, 0.1) is 0 Å². The number of aliphatic imine (C=N–C) groups is 1. The van der Waals surface area contributed by atoms with Gasteiger partial charge >= 0.3 is 0 Å². The Hall–Kier alpha value is -1.56. The van der Waals surface area contributed by atoms with Gasteiger partial charge in [-0.2, -0.15) is 0 Å². The summed E-state index contributed by atoms with van der Waals surface area (Å²) in [6, 6.07) is 0. The average Bonchev–Trinajstić information content (AvgIpc) is 2.21. The molecule has 0 saturated heterocycles. The fraction of sp³-hybridized carbons (Fsp3) is 0.636. The highest BCUT2D eigenvalue weighted by Crippen LogP contribution is 1.98. The van der Waals surface area contributed by atoms with Gasteiger partial charge in [-0.1, -0.05) is 6.58 Å². The molecule has 17 heavy (non-hydrogen) atoms. The van der Waals surface area contributed by atoms with Gasteiger partial charge in [-0.3, -0.25) is 9.79 Å². The first-order valence-corrected chi connectivity index (χ1v) is 5.56. The molecule has 0 aliphatic heterocycles. The van der Waals surface area contributed by atoms with E-state index in [4.69, 9.17) is 11.5 Å². The zero-order valence-electron chi connectivity index (χ0n) is 11.0. The maximum Gasteiger partial charge on any atom is 0.250 e. The Kier molecular flexibility index (Phi) is 6.27. The Balaban J connectivity index is 3.91. The van der Waals surface area contributed by atoms with Gasteiger partial charge in [0.25, 0.3) is 5.91 Å². The molecule has 0 aromatic rings. The Morgan fingerprint density at radius 2 is 2.00 bits per heavy atom. The molecule has 0 spiro atoms. The molecule has 0 heterocycles. The zero-order chi connectivity index (χ0) is 13.5. The van der Waals surface area contributed by atoms with E-state index < -0.39 is 0 Å². The molecule has 5 N–H and O–H groups in total.